The number of hydrogen-bond acceptors (Lipinski definition) is 0. The predicted octanol–water partition coefficient (Wildman–Crippen LogP) is 3.05. The van der Waals surface area contributed by atoms with Gasteiger partial charge in [-0.05, 0) is 31.0 Å². The first-order valence-corrected chi connectivity index (χ1v) is 5.46. The van der Waals surface area contributed by atoms with Gasteiger partial charge < -0.3 is 0 Å². The second kappa shape index (κ2) is 4.48. The van der Waals surface area contributed by atoms with Gasteiger partial charge in [0, 0.05) is 19.9 Å². The molecule has 0 atom stereocenters. The molecule has 0 spiro atoms. The second-order valence-corrected chi connectivity index (χ2v) is 3.98. The summed E-state index contributed by atoms with van der Waals surface area (Å²) in [6, 6.07) is 12.1. The quantitative estimate of drug-likeness (QED) is 0.676. The van der Waals surface area contributed by atoms with Crippen molar-refractivity contribution in [3.63, 3.8) is 0 Å². The van der Waals surface area contributed by atoms with Crippen LogP contribution < -0.4 is 4.57 Å². The van der Waals surface area contributed by atoms with Gasteiger partial charge in [-0.2, -0.15) is 0 Å². The monoisotopic (exact) mass is 214 g/mol. The number of benzene rings is 1. The normalized spacial score (nSPS) is 13.2. The Morgan fingerprint density at radius 2 is 1.94 bits per heavy atom. The Kier molecular flexibility index (Phi) is 2.38. The molecule has 1 heteroatoms. The van der Waals surface area contributed by atoms with Crippen molar-refractivity contribution >= 4 is 0 Å². The lowest BCUT2D eigenvalue weighted by atomic mass is 10.0. The highest BCUT2D eigenvalue weighted by Crippen LogP contribution is 2.19. The minimum absolute atomic E-state index is 0.697. The number of rotatable bonds is 2. The molecule has 1 nitrogen and oxygen atoms in total. The number of nitrogens with zero attached hydrogens (tertiary/aromatic N) is 1. The minimum atomic E-state index is -1.30. The molecule has 0 aliphatic heterocycles. The first-order valence-electron chi connectivity index (χ1n) is 6.46. The summed E-state index contributed by atoms with van der Waals surface area (Å²) in [4.78, 5) is 0. The standard InChI is InChI=1S/C15H18N/c1-4-13-9-10-15(16(3)11-13)14-8-6-5-7-12(14)2/h5-11H,4H2,1-3H3/q+1/i4D2. The molecule has 0 aliphatic rings. The molecule has 0 aliphatic carbocycles. The molecule has 0 bridgehead atoms. The lowest BCUT2D eigenvalue weighted by Crippen LogP contribution is -2.31. The van der Waals surface area contributed by atoms with Crippen molar-refractivity contribution in [2.45, 2.75) is 20.2 Å². The van der Waals surface area contributed by atoms with Crippen LogP contribution >= 0.6 is 0 Å². The summed E-state index contributed by atoms with van der Waals surface area (Å²) in [5.41, 5.74) is 4.20. The number of hydrogen-bond donors (Lipinski definition) is 0. The van der Waals surface area contributed by atoms with E-state index in [1.165, 1.54) is 11.1 Å². The van der Waals surface area contributed by atoms with Crippen molar-refractivity contribution in [2.75, 3.05) is 0 Å². The Hall–Kier alpha value is -1.63. The molecule has 0 unspecified atom stereocenters. The maximum atomic E-state index is 7.74. The maximum absolute atomic E-state index is 7.74. The molecular formula is C15H18N+. The largest absolute Gasteiger partial charge is 0.212 e. The molecule has 0 N–H and O–H groups in total. The van der Waals surface area contributed by atoms with E-state index in [-0.39, 0.29) is 0 Å². The first kappa shape index (κ1) is 8.51. The van der Waals surface area contributed by atoms with Crippen LogP contribution in [-0.2, 0) is 13.4 Å². The average Bonchev–Trinajstić information content (AvgIpc) is 2.29. The zero-order chi connectivity index (χ0) is 13.3. The highest BCUT2D eigenvalue weighted by Gasteiger charge is 2.11. The van der Waals surface area contributed by atoms with Crippen molar-refractivity contribution < 1.29 is 7.31 Å². The Morgan fingerprint density at radius 3 is 2.56 bits per heavy atom. The zero-order valence-electron chi connectivity index (χ0n) is 12.0. The maximum Gasteiger partial charge on any atom is 0.212 e. The van der Waals surface area contributed by atoms with Crippen molar-refractivity contribution in [1.29, 1.82) is 0 Å². The fourth-order valence-electron chi connectivity index (χ4n) is 1.90. The van der Waals surface area contributed by atoms with Crippen LogP contribution in [0.1, 0.15) is 20.8 Å². The summed E-state index contributed by atoms with van der Waals surface area (Å²) in [7, 11) is 1.96. The van der Waals surface area contributed by atoms with Gasteiger partial charge >= 0.3 is 0 Å². The number of aryl methyl sites for hydroxylation is 3. The van der Waals surface area contributed by atoms with Crippen molar-refractivity contribution in [1.82, 2.24) is 0 Å². The van der Waals surface area contributed by atoms with E-state index in [4.69, 9.17) is 2.74 Å². The molecule has 1 aromatic carbocycles. The van der Waals surface area contributed by atoms with Crippen LogP contribution in [0.3, 0.4) is 0 Å². The molecule has 0 radical (unpaired) electrons. The first-order chi connectivity index (χ1) is 8.39. The SMILES string of the molecule is [2H]C([2H])(C)c1ccc(-c2ccccc2C)[n+](C)c1. The smallest absolute Gasteiger partial charge is 0.201 e. The van der Waals surface area contributed by atoms with Crippen molar-refractivity contribution in [3.8, 4) is 11.3 Å². The third kappa shape index (κ3) is 1.99. The van der Waals surface area contributed by atoms with E-state index in [1.54, 1.807) is 6.92 Å². The molecule has 0 saturated carbocycles. The average molecular weight is 214 g/mol. The minimum Gasteiger partial charge on any atom is -0.201 e. The van der Waals surface area contributed by atoms with E-state index in [1.807, 2.05) is 42.1 Å². The van der Waals surface area contributed by atoms with Crippen molar-refractivity contribution in [3.05, 3.63) is 53.7 Å². The van der Waals surface area contributed by atoms with E-state index in [0.29, 0.717) is 5.56 Å². The Morgan fingerprint density at radius 1 is 1.19 bits per heavy atom. The van der Waals surface area contributed by atoms with Gasteiger partial charge in [0.2, 0.25) is 5.69 Å². The highest BCUT2D eigenvalue weighted by molar-refractivity contribution is 5.60. The number of pyridine rings is 1. The number of aromatic nitrogens is 1. The summed E-state index contributed by atoms with van der Waals surface area (Å²) in [6.07, 6.45) is 0.559. The van der Waals surface area contributed by atoms with Crippen LogP contribution in [0.5, 0.6) is 0 Å². The van der Waals surface area contributed by atoms with E-state index in [2.05, 4.69) is 19.1 Å². The molecule has 1 heterocycles. The summed E-state index contributed by atoms with van der Waals surface area (Å²) in [5, 5.41) is 0. The van der Waals surface area contributed by atoms with Gasteiger partial charge in [-0.1, -0.05) is 25.1 Å². The predicted molar refractivity (Wildman–Crippen MR) is 67.2 cm³/mol. The Labute approximate surface area is 100 Å². The molecule has 16 heavy (non-hydrogen) atoms. The lowest BCUT2D eigenvalue weighted by Gasteiger charge is -2.04. The molecule has 82 valence electrons. The van der Waals surface area contributed by atoms with Gasteiger partial charge in [-0.3, -0.25) is 0 Å². The fraction of sp³-hybridized carbons (Fsp3) is 0.267. The van der Waals surface area contributed by atoms with Gasteiger partial charge in [-0.25, -0.2) is 4.57 Å². The van der Waals surface area contributed by atoms with Crippen LogP contribution in [0.25, 0.3) is 11.3 Å². The van der Waals surface area contributed by atoms with Gasteiger partial charge in [-0.15, -0.1) is 0 Å². The topological polar surface area (TPSA) is 3.88 Å². The summed E-state index contributed by atoms with van der Waals surface area (Å²) < 4.78 is 17.5. The molecule has 2 rings (SSSR count). The Bertz CT molecular complexity index is 571. The van der Waals surface area contributed by atoms with Crippen LogP contribution in [-0.4, -0.2) is 0 Å². The summed E-state index contributed by atoms with van der Waals surface area (Å²) >= 11 is 0. The third-order valence-electron chi connectivity index (χ3n) is 2.84. The highest BCUT2D eigenvalue weighted by atomic mass is 14.9. The fourth-order valence-corrected chi connectivity index (χ4v) is 1.90. The van der Waals surface area contributed by atoms with E-state index < -0.39 is 6.37 Å². The molecular weight excluding hydrogens is 194 g/mol. The van der Waals surface area contributed by atoms with E-state index in [0.717, 1.165) is 5.69 Å². The molecule has 0 saturated heterocycles. The molecule has 0 fully saturated rings. The van der Waals surface area contributed by atoms with Crippen LogP contribution in [0.2, 0.25) is 0 Å². The van der Waals surface area contributed by atoms with Gasteiger partial charge in [0.05, 0.1) is 0 Å². The van der Waals surface area contributed by atoms with Crippen LogP contribution in [0.4, 0.5) is 0 Å². The summed E-state index contributed by atoms with van der Waals surface area (Å²) in [6.45, 7) is 3.66. The van der Waals surface area contributed by atoms with E-state index in [9.17, 15) is 0 Å². The van der Waals surface area contributed by atoms with Gasteiger partial charge in [0.1, 0.15) is 7.05 Å². The second-order valence-electron chi connectivity index (χ2n) is 3.98. The summed E-state index contributed by atoms with van der Waals surface area (Å²) in [5.74, 6) is 0. The lowest BCUT2D eigenvalue weighted by molar-refractivity contribution is -0.660. The van der Waals surface area contributed by atoms with Crippen molar-refractivity contribution in [2.24, 2.45) is 7.05 Å². The third-order valence-corrected chi connectivity index (χ3v) is 2.84. The zero-order valence-corrected chi connectivity index (χ0v) is 9.99. The molecule has 0 amide bonds. The van der Waals surface area contributed by atoms with Crippen LogP contribution in [0.15, 0.2) is 42.6 Å². The van der Waals surface area contributed by atoms with E-state index >= 15 is 0 Å². The van der Waals surface area contributed by atoms with Gasteiger partial charge in [0.25, 0.3) is 0 Å². The van der Waals surface area contributed by atoms with Gasteiger partial charge in [0.15, 0.2) is 6.20 Å². The Balaban J connectivity index is 2.52. The molecule has 2 aromatic rings. The van der Waals surface area contributed by atoms with Crippen LogP contribution in [0, 0.1) is 6.92 Å². The molecule has 1 aromatic heterocycles.